The molecule has 0 bridgehead atoms. The Bertz CT molecular complexity index is 982. The monoisotopic (exact) mass is 484 g/mol. The Morgan fingerprint density at radius 3 is 2.34 bits per heavy atom. The molecule has 2 atom stereocenters. The summed E-state index contributed by atoms with van der Waals surface area (Å²) in [6, 6.07) is 0.0579. The number of amides is 2. The maximum absolute atomic E-state index is 13.4. The number of hydrogen-bond acceptors (Lipinski definition) is 7. The summed E-state index contributed by atoms with van der Waals surface area (Å²) >= 11 is 0. The number of anilines is 2. The van der Waals surface area contributed by atoms with E-state index in [0.717, 1.165) is 43.1 Å². The third kappa shape index (κ3) is 4.47. The quantitative estimate of drug-likeness (QED) is 0.652. The molecule has 9 nitrogen and oxygen atoms in total. The van der Waals surface area contributed by atoms with Gasteiger partial charge in [-0.3, -0.25) is 14.6 Å². The largest absolute Gasteiger partial charge is 0.444 e. The molecule has 5 rings (SSSR count). The van der Waals surface area contributed by atoms with E-state index in [9.17, 15) is 9.59 Å². The predicted molar refractivity (Wildman–Crippen MR) is 135 cm³/mol. The van der Waals surface area contributed by atoms with Gasteiger partial charge in [0.05, 0.1) is 6.54 Å². The zero-order valence-corrected chi connectivity index (χ0v) is 21.9. The first-order valence-electron chi connectivity index (χ1n) is 13.2. The third-order valence-electron chi connectivity index (χ3n) is 8.11. The Morgan fingerprint density at radius 2 is 1.71 bits per heavy atom. The summed E-state index contributed by atoms with van der Waals surface area (Å²) in [5.41, 5.74) is 0.579. The Labute approximate surface area is 208 Å². The van der Waals surface area contributed by atoms with Crippen molar-refractivity contribution in [1.82, 2.24) is 19.8 Å². The normalized spacial score (nSPS) is 26.1. The summed E-state index contributed by atoms with van der Waals surface area (Å²) in [6.07, 6.45) is 6.99. The van der Waals surface area contributed by atoms with Crippen molar-refractivity contribution in [2.24, 2.45) is 0 Å². The SMILES string of the molecule is C[C@@H]1CN(c2ncnc3c2C2(CCC2)CN3C(=O)CN2CCCC2)[C@@H](C)CN1C(=O)OC(C)(C)C. The highest BCUT2D eigenvalue weighted by atomic mass is 16.6. The number of piperazine rings is 1. The van der Waals surface area contributed by atoms with E-state index in [4.69, 9.17) is 9.72 Å². The summed E-state index contributed by atoms with van der Waals surface area (Å²) < 4.78 is 5.66. The lowest BCUT2D eigenvalue weighted by Crippen LogP contribution is -2.59. The molecule has 0 aromatic carbocycles. The first-order chi connectivity index (χ1) is 16.6. The van der Waals surface area contributed by atoms with Crippen molar-refractivity contribution in [2.45, 2.75) is 89.8 Å². The molecule has 4 heterocycles. The number of ether oxygens (including phenoxy) is 1. The van der Waals surface area contributed by atoms with Crippen LogP contribution in [0, 0.1) is 0 Å². The fraction of sp³-hybridized carbons (Fsp3) is 0.769. The topological polar surface area (TPSA) is 82.1 Å². The maximum Gasteiger partial charge on any atom is 0.410 e. The lowest BCUT2D eigenvalue weighted by molar-refractivity contribution is -0.119. The Kier molecular flexibility index (Phi) is 6.18. The van der Waals surface area contributed by atoms with Crippen molar-refractivity contribution in [3.63, 3.8) is 0 Å². The number of carbonyl (C=O) groups is 2. The second-order valence-electron chi connectivity index (χ2n) is 12.0. The molecule has 3 aliphatic heterocycles. The molecule has 3 fully saturated rings. The van der Waals surface area contributed by atoms with E-state index < -0.39 is 5.60 Å². The van der Waals surface area contributed by atoms with E-state index in [0.29, 0.717) is 26.2 Å². The molecule has 1 aromatic rings. The molecule has 1 aliphatic carbocycles. The van der Waals surface area contributed by atoms with Gasteiger partial charge in [-0.05, 0) is 73.4 Å². The molecular weight excluding hydrogens is 444 g/mol. The molecule has 9 heteroatoms. The smallest absolute Gasteiger partial charge is 0.410 e. The first kappa shape index (κ1) is 24.3. The number of carbonyl (C=O) groups excluding carboxylic acids is 2. The minimum absolute atomic E-state index is 0.0155. The van der Waals surface area contributed by atoms with Gasteiger partial charge in [-0.1, -0.05) is 6.42 Å². The van der Waals surface area contributed by atoms with Gasteiger partial charge in [-0.15, -0.1) is 0 Å². The Morgan fingerprint density at radius 1 is 1.03 bits per heavy atom. The molecule has 0 N–H and O–H groups in total. The maximum atomic E-state index is 13.4. The highest BCUT2D eigenvalue weighted by molar-refractivity contribution is 5.97. The number of rotatable bonds is 3. The number of likely N-dealkylation sites (tertiary alicyclic amines) is 1. The summed E-state index contributed by atoms with van der Waals surface area (Å²) in [6.45, 7) is 14.3. The highest BCUT2D eigenvalue weighted by Gasteiger charge is 2.52. The van der Waals surface area contributed by atoms with E-state index in [-0.39, 0.29) is 29.5 Å². The zero-order valence-electron chi connectivity index (χ0n) is 21.9. The van der Waals surface area contributed by atoms with Crippen LogP contribution in [-0.2, 0) is 14.9 Å². The number of aromatic nitrogens is 2. The average molecular weight is 485 g/mol. The van der Waals surface area contributed by atoms with Gasteiger partial charge in [0, 0.05) is 42.7 Å². The second kappa shape index (κ2) is 8.91. The van der Waals surface area contributed by atoms with Gasteiger partial charge in [0.1, 0.15) is 23.6 Å². The van der Waals surface area contributed by atoms with Gasteiger partial charge in [-0.25, -0.2) is 14.8 Å². The predicted octanol–water partition coefficient (Wildman–Crippen LogP) is 3.17. The van der Waals surface area contributed by atoms with Crippen LogP contribution in [0.2, 0.25) is 0 Å². The second-order valence-corrected chi connectivity index (χ2v) is 12.0. The van der Waals surface area contributed by atoms with E-state index in [1.165, 1.54) is 19.3 Å². The van der Waals surface area contributed by atoms with Crippen LogP contribution < -0.4 is 9.80 Å². The summed E-state index contributed by atoms with van der Waals surface area (Å²) in [5.74, 6) is 1.89. The van der Waals surface area contributed by atoms with Gasteiger partial charge in [-0.2, -0.15) is 0 Å². The molecular formula is C26H40N6O3. The summed E-state index contributed by atoms with van der Waals surface area (Å²) in [5, 5.41) is 0. The third-order valence-corrected chi connectivity index (χ3v) is 8.11. The van der Waals surface area contributed by atoms with Crippen LogP contribution >= 0.6 is 0 Å². The molecule has 1 saturated carbocycles. The van der Waals surface area contributed by atoms with E-state index in [1.807, 2.05) is 30.6 Å². The van der Waals surface area contributed by atoms with Crippen LogP contribution in [0.15, 0.2) is 6.33 Å². The number of nitrogens with zero attached hydrogens (tertiary/aromatic N) is 6. The zero-order chi connectivity index (χ0) is 25.0. The van der Waals surface area contributed by atoms with Crippen molar-refractivity contribution < 1.29 is 14.3 Å². The van der Waals surface area contributed by atoms with Crippen molar-refractivity contribution in [1.29, 1.82) is 0 Å². The fourth-order valence-corrected chi connectivity index (χ4v) is 6.15. The number of fused-ring (bicyclic) bond motifs is 2. The van der Waals surface area contributed by atoms with E-state index >= 15 is 0 Å². The van der Waals surface area contributed by atoms with Crippen molar-refractivity contribution in [3.8, 4) is 0 Å². The fourth-order valence-electron chi connectivity index (χ4n) is 6.15. The van der Waals surface area contributed by atoms with Crippen LogP contribution in [0.1, 0.15) is 72.3 Å². The van der Waals surface area contributed by atoms with Crippen LogP contribution in [0.3, 0.4) is 0 Å². The molecule has 2 amide bonds. The molecule has 1 spiro atoms. The average Bonchev–Trinajstić information content (AvgIpc) is 3.39. The van der Waals surface area contributed by atoms with Crippen LogP contribution in [0.4, 0.5) is 16.4 Å². The van der Waals surface area contributed by atoms with E-state index in [2.05, 4.69) is 28.6 Å². The summed E-state index contributed by atoms with van der Waals surface area (Å²) in [4.78, 5) is 44.0. The standard InChI is InChI=1S/C26H40N6O3/c1-18-14-31(24(34)35-25(3,4)5)19(2)13-30(18)22-21-23(28-17-27-22)32(16-26(21)9-8-10-26)20(33)15-29-11-6-7-12-29/h17-19H,6-16H2,1-5H3/t18-,19+/m0/s1. The van der Waals surface area contributed by atoms with Gasteiger partial charge < -0.3 is 14.5 Å². The van der Waals surface area contributed by atoms with Crippen molar-refractivity contribution in [3.05, 3.63) is 11.9 Å². The highest BCUT2D eigenvalue weighted by Crippen LogP contribution is 2.55. The van der Waals surface area contributed by atoms with Crippen LogP contribution in [-0.4, -0.2) is 88.7 Å². The lowest BCUT2D eigenvalue weighted by atomic mass is 9.66. The Balaban J connectivity index is 1.40. The molecule has 2 saturated heterocycles. The molecule has 192 valence electrons. The van der Waals surface area contributed by atoms with Gasteiger partial charge in [0.2, 0.25) is 5.91 Å². The number of hydrogen-bond donors (Lipinski definition) is 0. The molecule has 4 aliphatic rings. The Hall–Kier alpha value is -2.42. The lowest BCUT2D eigenvalue weighted by Gasteiger charge is -2.46. The minimum Gasteiger partial charge on any atom is -0.444 e. The van der Waals surface area contributed by atoms with Gasteiger partial charge in [0.25, 0.3) is 0 Å². The molecule has 0 unspecified atom stereocenters. The van der Waals surface area contributed by atoms with Crippen molar-refractivity contribution >= 4 is 23.6 Å². The van der Waals surface area contributed by atoms with Gasteiger partial charge in [0.15, 0.2) is 0 Å². The van der Waals surface area contributed by atoms with Crippen LogP contribution in [0.25, 0.3) is 0 Å². The first-order valence-corrected chi connectivity index (χ1v) is 13.2. The minimum atomic E-state index is -0.522. The van der Waals surface area contributed by atoms with Crippen LogP contribution in [0.5, 0.6) is 0 Å². The van der Waals surface area contributed by atoms with Crippen molar-refractivity contribution in [2.75, 3.05) is 49.1 Å². The van der Waals surface area contributed by atoms with E-state index in [1.54, 1.807) is 6.33 Å². The molecule has 1 aromatic heterocycles. The molecule has 0 radical (unpaired) electrons. The summed E-state index contributed by atoms with van der Waals surface area (Å²) in [7, 11) is 0. The van der Waals surface area contributed by atoms with Gasteiger partial charge >= 0.3 is 6.09 Å². The molecule has 35 heavy (non-hydrogen) atoms.